The first-order chi connectivity index (χ1) is 18.2. The molecule has 2 saturated heterocycles. The zero-order valence-corrected chi connectivity index (χ0v) is 21.6. The van der Waals surface area contributed by atoms with Crippen LogP contribution in [0.3, 0.4) is 0 Å². The molecular weight excluding hydrogens is 497 g/mol. The van der Waals surface area contributed by atoms with E-state index in [9.17, 15) is 18.0 Å². The van der Waals surface area contributed by atoms with Crippen LogP contribution >= 0.6 is 0 Å². The van der Waals surface area contributed by atoms with Crippen molar-refractivity contribution in [2.75, 3.05) is 62.7 Å². The number of hydrogen-bond donors (Lipinski definition) is 0. The molecule has 8 nitrogen and oxygen atoms in total. The third-order valence-electron chi connectivity index (χ3n) is 7.71. The van der Waals surface area contributed by atoms with Crippen LogP contribution in [-0.2, 0) is 23.9 Å². The zero-order chi connectivity index (χ0) is 26.9. The van der Waals surface area contributed by atoms with Crippen molar-refractivity contribution in [2.24, 2.45) is 0 Å². The normalized spacial score (nSPS) is 20.4. The van der Waals surface area contributed by atoms with Gasteiger partial charge in [0.05, 0.1) is 17.8 Å². The first kappa shape index (κ1) is 26.3. The molecule has 3 aliphatic heterocycles. The Bertz CT molecular complexity index is 1180. The number of benzene rings is 1. The molecule has 1 aromatic carbocycles. The molecule has 0 aliphatic carbocycles. The lowest BCUT2D eigenvalue weighted by atomic mass is 10.0. The van der Waals surface area contributed by atoms with E-state index in [0.717, 1.165) is 36.8 Å². The molecular formula is C27H33F3N6O2. The maximum absolute atomic E-state index is 13.7. The lowest BCUT2D eigenvalue weighted by Gasteiger charge is -2.38. The van der Waals surface area contributed by atoms with Gasteiger partial charge in [0.1, 0.15) is 12.4 Å². The van der Waals surface area contributed by atoms with Crippen molar-refractivity contribution < 1.29 is 22.7 Å². The number of anilines is 2. The van der Waals surface area contributed by atoms with Gasteiger partial charge in [0.2, 0.25) is 5.91 Å². The largest absolute Gasteiger partial charge is 0.462 e. The summed E-state index contributed by atoms with van der Waals surface area (Å²) in [5.74, 6) is 0.650. The van der Waals surface area contributed by atoms with Gasteiger partial charge >= 0.3 is 12.2 Å². The molecule has 0 N–H and O–H groups in total. The van der Waals surface area contributed by atoms with E-state index in [1.807, 2.05) is 0 Å². The Hall–Kier alpha value is -3.34. The summed E-state index contributed by atoms with van der Waals surface area (Å²) in [6, 6.07) is 6.19. The monoisotopic (exact) mass is 530 g/mol. The summed E-state index contributed by atoms with van der Waals surface area (Å²) >= 11 is 0. The predicted octanol–water partition coefficient (Wildman–Crippen LogP) is 3.37. The first-order valence-corrected chi connectivity index (χ1v) is 13.0. The Morgan fingerprint density at radius 3 is 2.55 bits per heavy atom. The van der Waals surface area contributed by atoms with E-state index < -0.39 is 11.7 Å². The van der Waals surface area contributed by atoms with Crippen molar-refractivity contribution in [1.29, 1.82) is 0 Å². The average molecular weight is 531 g/mol. The molecule has 1 amide bonds. The molecule has 2 aromatic rings. The second-order valence-electron chi connectivity index (χ2n) is 10.0. The molecule has 0 radical (unpaired) electrons. The summed E-state index contributed by atoms with van der Waals surface area (Å²) in [5.41, 5.74) is 1.11. The van der Waals surface area contributed by atoms with Gasteiger partial charge in [0, 0.05) is 50.0 Å². The molecule has 3 aliphatic rings. The second-order valence-corrected chi connectivity index (χ2v) is 10.0. The van der Waals surface area contributed by atoms with Gasteiger partial charge in [-0.15, -0.1) is 0 Å². The molecule has 0 unspecified atom stereocenters. The average Bonchev–Trinajstić information content (AvgIpc) is 3.34. The third-order valence-corrected chi connectivity index (χ3v) is 7.71. The number of amides is 1. The number of piperazine rings is 1. The number of likely N-dealkylation sites (tertiary alicyclic amines) is 1. The van der Waals surface area contributed by atoms with Crippen LogP contribution in [0, 0.1) is 0 Å². The number of alkyl halides is 3. The number of carbonyl (C=O) groups excluding carboxylic acids is 1. The molecule has 1 atom stereocenters. The maximum atomic E-state index is 13.7. The number of halogens is 3. The van der Waals surface area contributed by atoms with Gasteiger partial charge in [0.15, 0.2) is 0 Å². The number of likely N-dealkylation sites (N-methyl/N-ethyl adjacent to an activating group) is 1. The highest BCUT2D eigenvalue weighted by Crippen LogP contribution is 2.39. The number of fused-ring (bicyclic) bond motifs is 1. The smallest absolute Gasteiger partial charge is 0.418 e. The standard InChI is InChI=1S/C27H33F3N6O2/c1-3-24(37)34-13-15-35(16-14-34)25-20-10-12-36(23-9-5-4-8-21(23)27(28,29)30)17-22(20)31-26(32-25)38-18-19-7-6-11-33(19)2/h3-5,8-9,19H,1,6-7,10-18H2,2H3/t19-/m0/s1. The Labute approximate surface area is 220 Å². The molecule has 0 spiro atoms. The van der Waals surface area contributed by atoms with E-state index in [0.29, 0.717) is 51.4 Å². The van der Waals surface area contributed by atoms with Crippen molar-refractivity contribution in [2.45, 2.75) is 38.0 Å². The lowest BCUT2D eigenvalue weighted by molar-refractivity contribution is -0.137. The minimum atomic E-state index is -4.45. The maximum Gasteiger partial charge on any atom is 0.418 e. The fourth-order valence-electron chi connectivity index (χ4n) is 5.54. The highest BCUT2D eigenvalue weighted by Gasteiger charge is 2.36. The topological polar surface area (TPSA) is 65.0 Å². The second kappa shape index (κ2) is 10.8. The number of aromatic nitrogens is 2. The van der Waals surface area contributed by atoms with E-state index in [1.54, 1.807) is 15.9 Å². The SMILES string of the molecule is C=CC(=O)N1CCN(c2nc(OC[C@@H]3CCCN3C)nc3c2CCN(c2ccccc2C(F)(F)F)C3)CC1. The summed E-state index contributed by atoms with van der Waals surface area (Å²) in [6.45, 7) is 7.95. The number of ether oxygens (including phenoxy) is 1. The predicted molar refractivity (Wildman–Crippen MR) is 138 cm³/mol. The van der Waals surface area contributed by atoms with Gasteiger partial charge in [-0.1, -0.05) is 18.7 Å². The molecule has 1 aromatic heterocycles. The summed E-state index contributed by atoms with van der Waals surface area (Å²) in [4.78, 5) is 29.4. The summed E-state index contributed by atoms with van der Waals surface area (Å²) in [7, 11) is 2.07. The Morgan fingerprint density at radius 1 is 1.11 bits per heavy atom. The quantitative estimate of drug-likeness (QED) is 0.531. The zero-order valence-electron chi connectivity index (χ0n) is 21.6. The van der Waals surface area contributed by atoms with Gasteiger partial charge in [0.25, 0.3) is 0 Å². The van der Waals surface area contributed by atoms with E-state index in [1.165, 1.54) is 18.2 Å². The van der Waals surface area contributed by atoms with E-state index in [-0.39, 0.29) is 30.2 Å². The van der Waals surface area contributed by atoms with Gasteiger partial charge < -0.3 is 24.3 Å². The van der Waals surface area contributed by atoms with Crippen LogP contribution in [0.4, 0.5) is 24.7 Å². The van der Waals surface area contributed by atoms with E-state index >= 15 is 0 Å². The third kappa shape index (κ3) is 5.43. The lowest BCUT2D eigenvalue weighted by Crippen LogP contribution is -2.49. The van der Waals surface area contributed by atoms with Crippen LogP contribution in [0.2, 0.25) is 0 Å². The molecule has 11 heteroatoms. The van der Waals surface area contributed by atoms with Crippen LogP contribution < -0.4 is 14.5 Å². The summed E-state index contributed by atoms with van der Waals surface area (Å²) < 4.78 is 47.3. The number of nitrogens with zero attached hydrogens (tertiary/aromatic N) is 6. The van der Waals surface area contributed by atoms with Crippen molar-refractivity contribution in [3.05, 3.63) is 53.7 Å². The van der Waals surface area contributed by atoms with Gasteiger partial charge in [-0.2, -0.15) is 23.1 Å². The van der Waals surface area contributed by atoms with Crippen molar-refractivity contribution in [1.82, 2.24) is 19.8 Å². The molecule has 38 heavy (non-hydrogen) atoms. The Balaban J connectivity index is 1.43. The minimum absolute atomic E-state index is 0.0990. The number of hydrogen-bond acceptors (Lipinski definition) is 7. The fraction of sp³-hybridized carbons (Fsp3) is 0.519. The molecule has 5 rings (SSSR count). The molecule has 2 fully saturated rings. The van der Waals surface area contributed by atoms with E-state index in [4.69, 9.17) is 14.7 Å². The number of para-hydroxylation sites is 1. The van der Waals surface area contributed by atoms with Gasteiger partial charge in [-0.05, 0) is 51.1 Å². The van der Waals surface area contributed by atoms with Gasteiger partial charge in [-0.3, -0.25) is 4.79 Å². The fourth-order valence-corrected chi connectivity index (χ4v) is 5.54. The molecule has 0 saturated carbocycles. The van der Waals surface area contributed by atoms with Crippen LogP contribution in [-0.4, -0.2) is 84.6 Å². The highest BCUT2D eigenvalue weighted by atomic mass is 19.4. The number of rotatable bonds is 6. The van der Waals surface area contributed by atoms with Crippen molar-refractivity contribution >= 4 is 17.4 Å². The molecule has 204 valence electrons. The van der Waals surface area contributed by atoms with Crippen molar-refractivity contribution in [3.63, 3.8) is 0 Å². The van der Waals surface area contributed by atoms with Crippen LogP contribution in [0.15, 0.2) is 36.9 Å². The van der Waals surface area contributed by atoms with Crippen molar-refractivity contribution in [3.8, 4) is 6.01 Å². The Kier molecular flexibility index (Phi) is 7.47. The summed E-state index contributed by atoms with van der Waals surface area (Å²) in [6.07, 6.45) is -0.467. The Morgan fingerprint density at radius 2 is 1.87 bits per heavy atom. The molecule has 4 heterocycles. The van der Waals surface area contributed by atoms with Crippen LogP contribution in [0.25, 0.3) is 0 Å². The first-order valence-electron chi connectivity index (χ1n) is 13.0. The molecule has 0 bridgehead atoms. The van der Waals surface area contributed by atoms with Gasteiger partial charge in [-0.25, -0.2) is 0 Å². The van der Waals surface area contributed by atoms with Crippen LogP contribution in [0.1, 0.15) is 29.7 Å². The van der Waals surface area contributed by atoms with E-state index in [2.05, 4.69) is 23.4 Å². The highest BCUT2D eigenvalue weighted by molar-refractivity contribution is 5.87. The minimum Gasteiger partial charge on any atom is -0.462 e. The van der Waals surface area contributed by atoms with Crippen LogP contribution in [0.5, 0.6) is 6.01 Å². The number of carbonyl (C=O) groups is 1. The summed E-state index contributed by atoms with van der Waals surface area (Å²) in [5, 5.41) is 0.